The molecule has 1 atom stereocenters. The smallest absolute Gasteiger partial charge is 0.322 e. The Balaban J connectivity index is 1.87. The number of thioether (sulfide) groups is 1. The Bertz CT molecular complexity index is 739. The summed E-state index contributed by atoms with van der Waals surface area (Å²) in [6.07, 6.45) is 3.80. The third-order valence-electron chi connectivity index (χ3n) is 3.33. The Morgan fingerprint density at radius 2 is 2.10 bits per heavy atom. The van der Waals surface area contributed by atoms with Crippen LogP contribution in [0.25, 0.3) is 11.0 Å². The fourth-order valence-electron chi connectivity index (χ4n) is 2.16. The minimum Gasteiger partial charge on any atom is -0.609 e. The number of hydrogen-bond acceptors (Lipinski definition) is 4. The normalized spacial score (nSPS) is 12.7. The van der Waals surface area contributed by atoms with Crippen molar-refractivity contribution in [2.24, 2.45) is 0 Å². The highest BCUT2D eigenvalue weighted by molar-refractivity contribution is 7.98. The van der Waals surface area contributed by atoms with Crippen LogP contribution in [0.4, 0.5) is 0 Å². The average Bonchev–Trinajstić information content (AvgIpc) is 2.93. The van der Waals surface area contributed by atoms with Crippen LogP contribution in [0.3, 0.4) is 0 Å². The van der Waals surface area contributed by atoms with Crippen LogP contribution in [-0.2, 0) is 16.9 Å². The molecule has 0 aliphatic heterocycles. The minimum absolute atomic E-state index is 0.375. The van der Waals surface area contributed by atoms with E-state index in [-0.39, 0.29) is 0 Å². The van der Waals surface area contributed by atoms with E-state index >= 15 is 0 Å². The molecule has 2 heterocycles. The van der Waals surface area contributed by atoms with Crippen molar-refractivity contribution < 1.29 is 4.55 Å². The van der Waals surface area contributed by atoms with E-state index in [0.717, 1.165) is 22.3 Å². The molecule has 3 aromatic rings. The Labute approximate surface area is 130 Å². The summed E-state index contributed by atoms with van der Waals surface area (Å²) in [6, 6.07) is 9.67. The number of aromatic amines is 1. The molecule has 3 rings (SSSR count). The van der Waals surface area contributed by atoms with Crippen LogP contribution < -0.4 is 0 Å². The lowest BCUT2D eigenvalue weighted by Crippen LogP contribution is -2.09. The lowest BCUT2D eigenvalue weighted by molar-refractivity contribution is 0.586. The Morgan fingerprint density at radius 3 is 2.86 bits per heavy atom. The van der Waals surface area contributed by atoms with E-state index in [1.165, 1.54) is 4.90 Å². The van der Waals surface area contributed by atoms with Crippen LogP contribution in [-0.4, -0.2) is 25.8 Å². The predicted molar refractivity (Wildman–Crippen MR) is 87.0 cm³/mol. The molecule has 2 aromatic heterocycles. The summed E-state index contributed by atoms with van der Waals surface area (Å²) in [5, 5.41) is 0.506. The highest BCUT2D eigenvalue weighted by Gasteiger charge is 2.19. The van der Waals surface area contributed by atoms with Crippen molar-refractivity contribution in [2.75, 3.05) is 6.26 Å². The second-order valence-corrected chi connectivity index (χ2v) is 6.85. The van der Waals surface area contributed by atoms with E-state index in [1.54, 1.807) is 18.0 Å². The number of rotatable bonds is 4. The van der Waals surface area contributed by atoms with E-state index in [9.17, 15) is 4.55 Å². The van der Waals surface area contributed by atoms with Gasteiger partial charge >= 0.3 is 5.16 Å². The number of fused-ring (bicyclic) bond motifs is 1. The SMILES string of the molecule is CSc1ccnc(C[S+]([O-])c2nc3ccccc3[nH]2)c1C. The number of imidazole rings is 1. The molecule has 1 N–H and O–H groups in total. The molecule has 21 heavy (non-hydrogen) atoms. The van der Waals surface area contributed by atoms with Gasteiger partial charge < -0.3 is 4.55 Å². The number of H-pyrrole nitrogens is 1. The number of nitrogens with one attached hydrogen (secondary N) is 1. The van der Waals surface area contributed by atoms with E-state index in [1.807, 2.05) is 43.5 Å². The highest BCUT2D eigenvalue weighted by Crippen LogP contribution is 2.24. The first kappa shape index (κ1) is 14.4. The molecule has 0 fully saturated rings. The van der Waals surface area contributed by atoms with E-state index in [2.05, 4.69) is 15.0 Å². The van der Waals surface area contributed by atoms with Gasteiger partial charge in [-0.2, -0.15) is 4.98 Å². The van der Waals surface area contributed by atoms with Crippen molar-refractivity contribution in [3.63, 3.8) is 0 Å². The van der Waals surface area contributed by atoms with Gasteiger partial charge in [0, 0.05) is 22.3 Å². The van der Waals surface area contributed by atoms with E-state index < -0.39 is 11.2 Å². The maximum Gasteiger partial charge on any atom is 0.322 e. The van der Waals surface area contributed by atoms with Crippen LogP contribution in [0, 0.1) is 6.92 Å². The molecule has 0 radical (unpaired) electrons. The van der Waals surface area contributed by atoms with Gasteiger partial charge in [0.15, 0.2) is 5.75 Å². The third-order valence-corrected chi connectivity index (χ3v) is 5.37. The summed E-state index contributed by atoms with van der Waals surface area (Å²) in [6.45, 7) is 2.02. The van der Waals surface area contributed by atoms with Crippen LogP contribution in [0.15, 0.2) is 46.6 Å². The van der Waals surface area contributed by atoms with Gasteiger partial charge in [-0.05, 0) is 36.9 Å². The first-order valence-electron chi connectivity index (χ1n) is 6.50. The number of para-hydroxylation sites is 2. The Hall–Kier alpha value is -1.50. The first-order valence-corrected chi connectivity index (χ1v) is 9.05. The Kier molecular flexibility index (Phi) is 4.19. The molecule has 1 aromatic carbocycles. The van der Waals surface area contributed by atoms with Crippen LogP contribution in [0.1, 0.15) is 11.3 Å². The fourth-order valence-corrected chi connectivity index (χ4v) is 3.88. The van der Waals surface area contributed by atoms with Crippen LogP contribution >= 0.6 is 11.8 Å². The molecule has 4 nitrogen and oxygen atoms in total. The molecule has 0 bridgehead atoms. The molecular formula is C15H15N3OS2. The second kappa shape index (κ2) is 6.09. The van der Waals surface area contributed by atoms with Gasteiger partial charge in [-0.1, -0.05) is 12.1 Å². The van der Waals surface area contributed by atoms with Crippen molar-refractivity contribution in [3.8, 4) is 0 Å². The van der Waals surface area contributed by atoms with Crippen molar-refractivity contribution in [1.29, 1.82) is 0 Å². The summed E-state index contributed by atoms with van der Waals surface area (Å²) >= 11 is 0.448. The van der Waals surface area contributed by atoms with Gasteiger partial charge in [0.2, 0.25) is 0 Å². The highest BCUT2D eigenvalue weighted by atomic mass is 32.2. The van der Waals surface area contributed by atoms with Crippen molar-refractivity contribution in [1.82, 2.24) is 15.0 Å². The van der Waals surface area contributed by atoms with E-state index in [0.29, 0.717) is 10.9 Å². The molecule has 1 unspecified atom stereocenters. The number of nitrogens with zero attached hydrogens (tertiary/aromatic N) is 2. The van der Waals surface area contributed by atoms with Crippen LogP contribution in [0.2, 0.25) is 0 Å². The van der Waals surface area contributed by atoms with Crippen molar-refractivity contribution >= 4 is 34.0 Å². The molecule has 6 heteroatoms. The Morgan fingerprint density at radius 1 is 1.29 bits per heavy atom. The predicted octanol–water partition coefficient (Wildman–Crippen LogP) is 3.30. The molecule has 0 saturated carbocycles. The van der Waals surface area contributed by atoms with Gasteiger partial charge in [0.05, 0.1) is 16.7 Å². The third kappa shape index (κ3) is 2.92. The molecule has 0 aliphatic carbocycles. The van der Waals surface area contributed by atoms with Crippen molar-refractivity contribution in [2.45, 2.75) is 22.7 Å². The number of hydrogen-bond donors (Lipinski definition) is 1. The molecule has 0 spiro atoms. The molecule has 0 aliphatic rings. The standard InChI is InChI=1S/C15H15N3OS2/c1-10-13(16-8-7-14(10)20-2)9-21(19)15-17-11-5-3-4-6-12(11)18-15/h3-8H,9H2,1-2H3,(H,17,18). The van der Waals surface area contributed by atoms with Gasteiger partial charge in [0.25, 0.3) is 0 Å². The zero-order valence-electron chi connectivity index (χ0n) is 11.8. The lowest BCUT2D eigenvalue weighted by atomic mass is 10.2. The maximum atomic E-state index is 12.5. The monoisotopic (exact) mass is 317 g/mol. The number of benzene rings is 1. The number of pyridine rings is 1. The van der Waals surface area contributed by atoms with Gasteiger partial charge in [-0.15, -0.1) is 11.8 Å². The zero-order valence-corrected chi connectivity index (χ0v) is 13.4. The van der Waals surface area contributed by atoms with Crippen LogP contribution in [0.5, 0.6) is 0 Å². The average molecular weight is 317 g/mol. The largest absolute Gasteiger partial charge is 0.609 e. The summed E-state index contributed by atoms with van der Waals surface area (Å²) in [4.78, 5) is 13.0. The summed E-state index contributed by atoms with van der Waals surface area (Å²) < 4.78 is 12.5. The summed E-state index contributed by atoms with van der Waals surface area (Å²) in [5.74, 6) is 0.375. The maximum absolute atomic E-state index is 12.5. The van der Waals surface area contributed by atoms with Gasteiger partial charge in [-0.25, -0.2) is 0 Å². The first-order chi connectivity index (χ1) is 10.2. The quantitative estimate of drug-likeness (QED) is 0.592. The molecular weight excluding hydrogens is 302 g/mol. The van der Waals surface area contributed by atoms with Gasteiger partial charge in [0.1, 0.15) is 0 Å². The zero-order chi connectivity index (χ0) is 14.8. The lowest BCUT2D eigenvalue weighted by Gasteiger charge is -2.10. The topological polar surface area (TPSA) is 64.6 Å². The summed E-state index contributed by atoms with van der Waals surface area (Å²) in [7, 11) is 0. The molecule has 0 amide bonds. The van der Waals surface area contributed by atoms with E-state index in [4.69, 9.17) is 0 Å². The van der Waals surface area contributed by atoms with Gasteiger partial charge in [-0.3, -0.25) is 9.97 Å². The molecule has 0 saturated heterocycles. The fraction of sp³-hybridized carbons (Fsp3) is 0.200. The molecule has 108 valence electrons. The van der Waals surface area contributed by atoms with Crippen molar-refractivity contribution in [3.05, 3.63) is 47.8 Å². The second-order valence-electron chi connectivity index (χ2n) is 4.63. The number of aromatic nitrogens is 3. The summed E-state index contributed by atoms with van der Waals surface area (Å²) in [5.41, 5.74) is 3.70. The minimum atomic E-state index is -1.23.